The number of aromatic nitrogens is 2. The highest BCUT2D eigenvalue weighted by atomic mass is 79.9. The van der Waals surface area contributed by atoms with Gasteiger partial charge in [-0.2, -0.15) is 0 Å². The topological polar surface area (TPSA) is 46.9 Å². The zero-order valence-electron chi connectivity index (χ0n) is 9.14. The highest BCUT2D eigenvalue weighted by Crippen LogP contribution is 2.11. The van der Waals surface area contributed by atoms with E-state index in [0.717, 1.165) is 6.54 Å². The molecule has 0 radical (unpaired) electrons. The molecule has 17 heavy (non-hydrogen) atoms. The average molecular weight is 294 g/mol. The molecule has 0 aromatic carbocycles. The fourth-order valence-corrected chi connectivity index (χ4v) is 1.90. The predicted octanol–water partition coefficient (Wildman–Crippen LogP) is 2.08. The molecule has 1 N–H and O–H groups in total. The Kier molecular flexibility index (Phi) is 3.93. The normalized spacial score (nSPS) is 10.2. The number of carbonyl (C=O) groups is 1. The summed E-state index contributed by atoms with van der Waals surface area (Å²) in [5.74, 6) is -0.114. The Hall–Kier alpha value is -1.62. The van der Waals surface area contributed by atoms with Crippen molar-refractivity contribution in [3.8, 4) is 0 Å². The molecule has 2 heterocycles. The van der Waals surface area contributed by atoms with Crippen LogP contribution in [0.1, 0.15) is 10.4 Å². The van der Waals surface area contributed by atoms with Gasteiger partial charge in [0, 0.05) is 31.7 Å². The van der Waals surface area contributed by atoms with E-state index in [1.165, 1.54) is 0 Å². The Morgan fingerprint density at radius 2 is 2.12 bits per heavy atom. The van der Waals surface area contributed by atoms with Gasteiger partial charge < -0.3 is 9.88 Å². The summed E-state index contributed by atoms with van der Waals surface area (Å²) >= 11 is 3.25. The third-order valence-corrected chi connectivity index (χ3v) is 2.96. The van der Waals surface area contributed by atoms with Gasteiger partial charge in [0.05, 0.1) is 5.56 Å². The first-order valence-corrected chi connectivity index (χ1v) is 6.06. The number of rotatable bonds is 4. The van der Waals surface area contributed by atoms with Crippen LogP contribution in [0.5, 0.6) is 0 Å². The summed E-state index contributed by atoms with van der Waals surface area (Å²) in [5, 5.41) is 2.85. The molecule has 2 aromatic rings. The minimum Gasteiger partial charge on any atom is -0.353 e. The van der Waals surface area contributed by atoms with Crippen molar-refractivity contribution in [3.63, 3.8) is 0 Å². The largest absolute Gasteiger partial charge is 0.353 e. The van der Waals surface area contributed by atoms with Crippen molar-refractivity contribution in [2.75, 3.05) is 6.54 Å². The minimum absolute atomic E-state index is 0.114. The Balaban J connectivity index is 1.88. The average Bonchev–Trinajstić information content (AvgIpc) is 2.82. The molecule has 0 bridgehead atoms. The van der Waals surface area contributed by atoms with Crippen LogP contribution in [0.3, 0.4) is 0 Å². The number of amides is 1. The summed E-state index contributed by atoms with van der Waals surface area (Å²) in [4.78, 5) is 15.8. The predicted molar refractivity (Wildman–Crippen MR) is 68.7 cm³/mol. The Morgan fingerprint density at radius 3 is 2.82 bits per heavy atom. The van der Waals surface area contributed by atoms with Gasteiger partial charge >= 0.3 is 0 Å². The molecule has 0 atom stereocenters. The first kappa shape index (κ1) is 11.9. The monoisotopic (exact) mass is 293 g/mol. The summed E-state index contributed by atoms with van der Waals surface area (Å²) in [6.07, 6.45) is 5.57. The molecule has 0 unspecified atom stereocenters. The molecule has 2 aromatic heterocycles. The molecule has 0 saturated carbocycles. The van der Waals surface area contributed by atoms with Crippen LogP contribution in [-0.2, 0) is 6.54 Å². The van der Waals surface area contributed by atoms with Gasteiger partial charge in [-0.05, 0) is 40.2 Å². The lowest BCUT2D eigenvalue weighted by atomic mass is 10.3. The van der Waals surface area contributed by atoms with Crippen LogP contribution in [0.2, 0.25) is 0 Å². The maximum atomic E-state index is 11.8. The van der Waals surface area contributed by atoms with Gasteiger partial charge in [0.2, 0.25) is 0 Å². The smallest absolute Gasteiger partial charge is 0.254 e. The molecular weight excluding hydrogens is 282 g/mol. The molecule has 0 saturated heterocycles. The number of pyridine rings is 1. The summed E-state index contributed by atoms with van der Waals surface area (Å²) in [6.45, 7) is 1.35. The van der Waals surface area contributed by atoms with Crippen molar-refractivity contribution < 1.29 is 4.79 Å². The molecule has 0 spiro atoms. The van der Waals surface area contributed by atoms with E-state index >= 15 is 0 Å². The Morgan fingerprint density at radius 1 is 1.35 bits per heavy atom. The van der Waals surface area contributed by atoms with Crippen LogP contribution >= 0.6 is 15.9 Å². The zero-order valence-corrected chi connectivity index (χ0v) is 10.7. The van der Waals surface area contributed by atoms with Crippen LogP contribution < -0.4 is 5.32 Å². The lowest BCUT2D eigenvalue weighted by Gasteiger charge is -2.06. The van der Waals surface area contributed by atoms with Gasteiger partial charge in [0.15, 0.2) is 0 Å². The first-order chi connectivity index (χ1) is 8.27. The third kappa shape index (κ3) is 3.17. The van der Waals surface area contributed by atoms with Gasteiger partial charge in [-0.3, -0.25) is 4.79 Å². The van der Waals surface area contributed by atoms with E-state index in [9.17, 15) is 4.79 Å². The second-order valence-corrected chi connectivity index (χ2v) is 4.27. The molecule has 2 rings (SSSR count). The van der Waals surface area contributed by atoms with E-state index in [-0.39, 0.29) is 5.91 Å². The van der Waals surface area contributed by atoms with Gasteiger partial charge in [-0.1, -0.05) is 0 Å². The van der Waals surface area contributed by atoms with Crippen LogP contribution in [0.25, 0.3) is 0 Å². The number of hydrogen-bond donors (Lipinski definition) is 1. The summed E-state index contributed by atoms with van der Waals surface area (Å²) < 4.78 is 2.58. The second kappa shape index (κ2) is 5.63. The van der Waals surface area contributed by atoms with Gasteiger partial charge in [-0.15, -0.1) is 0 Å². The van der Waals surface area contributed by atoms with Crippen LogP contribution in [0.15, 0.2) is 47.5 Å². The molecule has 88 valence electrons. The first-order valence-electron chi connectivity index (χ1n) is 5.27. The molecule has 4 nitrogen and oxygen atoms in total. The standard InChI is InChI=1S/C12H12BrN3O/c13-11-10(4-3-5-14-11)12(17)15-6-9-16-7-1-2-8-16/h1-5,7-8H,6,9H2,(H,15,17). The van der Waals surface area contributed by atoms with E-state index < -0.39 is 0 Å². The molecule has 0 fully saturated rings. The van der Waals surface area contributed by atoms with E-state index in [4.69, 9.17) is 0 Å². The number of nitrogens with one attached hydrogen (secondary N) is 1. The highest BCUT2D eigenvalue weighted by Gasteiger charge is 2.08. The van der Waals surface area contributed by atoms with Gasteiger partial charge in [0.25, 0.3) is 5.91 Å². The van der Waals surface area contributed by atoms with Crippen LogP contribution in [0, 0.1) is 0 Å². The van der Waals surface area contributed by atoms with Crippen LogP contribution in [-0.4, -0.2) is 22.0 Å². The molecule has 0 aliphatic carbocycles. The summed E-state index contributed by atoms with van der Waals surface area (Å²) in [7, 11) is 0. The van der Waals surface area contributed by atoms with Crippen molar-refractivity contribution in [2.45, 2.75) is 6.54 Å². The fourth-order valence-electron chi connectivity index (χ4n) is 1.47. The lowest BCUT2D eigenvalue weighted by Crippen LogP contribution is -2.27. The van der Waals surface area contributed by atoms with Crippen molar-refractivity contribution in [2.24, 2.45) is 0 Å². The summed E-state index contributed by atoms with van der Waals surface area (Å²) in [5.41, 5.74) is 0.556. The van der Waals surface area contributed by atoms with Crippen molar-refractivity contribution >= 4 is 21.8 Å². The SMILES string of the molecule is O=C(NCCn1cccc1)c1cccnc1Br. The number of hydrogen-bond acceptors (Lipinski definition) is 2. The van der Waals surface area contributed by atoms with Gasteiger partial charge in [-0.25, -0.2) is 4.98 Å². The second-order valence-electron chi connectivity index (χ2n) is 3.52. The number of carbonyl (C=O) groups excluding carboxylic acids is 1. The quantitative estimate of drug-likeness (QED) is 0.878. The fraction of sp³-hybridized carbons (Fsp3) is 0.167. The number of halogens is 1. The summed E-state index contributed by atoms with van der Waals surface area (Å²) in [6, 6.07) is 7.40. The molecule has 0 aliphatic rings. The van der Waals surface area contributed by atoms with Crippen molar-refractivity contribution in [1.29, 1.82) is 0 Å². The number of nitrogens with zero attached hydrogens (tertiary/aromatic N) is 2. The Labute approximate surface area is 108 Å². The maximum absolute atomic E-state index is 11.8. The van der Waals surface area contributed by atoms with E-state index in [1.54, 1.807) is 18.3 Å². The lowest BCUT2D eigenvalue weighted by molar-refractivity contribution is 0.0951. The molecule has 0 aliphatic heterocycles. The van der Waals surface area contributed by atoms with E-state index in [0.29, 0.717) is 16.7 Å². The minimum atomic E-state index is -0.114. The molecular formula is C12H12BrN3O. The molecule has 5 heteroatoms. The maximum Gasteiger partial charge on any atom is 0.254 e. The zero-order chi connectivity index (χ0) is 12.1. The Bertz CT molecular complexity index is 496. The van der Waals surface area contributed by atoms with Crippen LogP contribution in [0.4, 0.5) is 0 Å². The van der Waals surface area contributed by atoms with Crippen molar-refractivity contribution in [3.05, 3.63) is 53.0 Å². The highest BCUT2D eigenvalue weighted by molar-refractivity contribution is 9.10. The molecule has 1 amide bonds. The van der Waals surface area contributed by atoms with Crippen molar-refractivity contribution in [1.82, 2.24) is 14.9 Å². The van der Waals surface area contributed by atoms with E-state index in [1.807, 2.05) is 29.1 Å². The van der Waals surface area contributed by atoms with E-state index in [2.05, 4.69) is 26.2 Å². The third-order valence-electron chi connectivity index (χ3n) is 2.33. The van der Waals surface area contributed by atoms with Gasteiger partial charge in [0.1, 0.15) is 4.60 Å².